The van der Waals surface area contributed by atoms with Crippen LogP contribution in [0.25, 0.3) is 0 Å². The number of carbonyl (C=O) groups excluding carboxylic acids is 1. The number of esters is 1. The van der Waals surface area contributed by atoms with Crippen LogP contribution in [0.15, 0.2) is 0 Å². The lowest BCUT2D eigenvalue weighted by atomic mass is 10.1. The predicted molar refractivity (Wildman–Crippen MR) is 48.9 cm³/mol. The molecule has 2 nitrogen and oxygen atoms in total. The lowest BCUT2D eigenvalue weighted by Gasteiger charge is -2.06. The number of ether oxygens (including phenoxy) is 1. The maximum atomic E-state index is 10.8. The van der Waals surface area contributed by atoms with Crippen molar-refractivity contribution >= 4 is 18.6 Å². The van der Waals surface area contributed by atoms with Crippen molar-refractivity contribution in [3.05, 3.63) is 0 Å². The van der Waals surface area contributed by atoms with Gasteiger partial charge in [0.2, 0.25) is 0 Å². The van der Waals surface area contributed by atoms with Crippen LogP contribution in [0.5, 0.6) is 0 Å². The molecule has 0 radical (unpaired) electrons. The lowest BCUT2D eigenvalue weighted by Crippen LogP contribution is -2.06. The molecule has 11 heavy (non-hydrogen) atoms. The fourth-order valence-corrected chi connectivity index (χ4v) is 0.871. The Hall–Kier alpha value is -0.180. The van der Waals surface area contributed by atoms with Gasteiger partial charge in [0, 0.05) is 6.42 Å². The zero-order valence-corrected chi connectivity index (χ0v) is 8.06. The van der Waals surface area contributed by atoms with E-state index in [1.807, 2.05) is 6.92 Å². The molecule has 0 fully saturated rings. The second-order valence-electron chi connectivity index (χ2n) is 2.63. The maximum absolute atomic E-state index is 10.8. The van der Waals surface area contributed by atoms with E-state index in [4.69, 9.17) is 4.74 Å². The summed E-state index contributed by atoms with van der Waals surface area (Å²) in [6.07, 6.45) is 1.40. The third kappa shape index (κ3) is 6.23. The summed E-state index contributed by atoms with van der Waals surface area (Å²) in [5.41, 5.74) is 0. The Bertz CT molecular complexity index is 115. The first-order valence-electron chi connectivity index (χ1n) is 3.97. The molecule has 3 heteroatoms. The van der Waals surface area contributed by atoms with E-state index in [1.165, 1.54) is 0 Å². The Kier molecular flexibility index (Phi) is 6.42. The topological polar surface area (TPSA) is 26.3 Å². The number of hydrogen-bond donors (Lipinski definition) is 1. The lowest BCUT2D eigenvalue weighted by molar-refractivity contribution is -0.143. The fourth-order valence-electron chi connectivity index (χ4n) is 0.689. The summed E-state index contributed by atoms with van der Waals surface area (Å²) in [4.78, 5) is 10.8. The summed E-state index contributed by atoms with van der Waals surface area (Å²) in [6, 6.07) is 0. The second-order valence-corrected chi connectivity index (χ2v) is 3.00. The fraction of sp³-hybridized carbons (Fsp3) is 0.875. The van der Waals surface area contributed by atoms with E-state index in [-0.39, 0.29) is 5.97 Å². The average Bonchev–Trinajstić information content (AvgIpc) is 2.01. The van der Waals surface area contributed by atoms with Gasteiger partial charge in [0.05, 0.1) is 6.61 Å². The molecule has 0 aliphatic rings. The standard InChI is InChI=1S/C8H16O2S/c1-3-10-8(9)5-4-7(2)6-11/h7,11H,3-6H2,1-2H3. The van der Waals surface area contributed by atoms with Gasteiger partial charge in [0.25, 0.3) is 0 Å². The molecule has 0 aromatic heterocycles. The summed E-state index contributed by atoms with van der Waals surface area (Å²) in [5.74, 6) is 1.24. The quantitative estimate of drug-likeness (QED) is 0.511. The van der Waals surface area contributed by atoms with Gasteiger partial charge in [-0.25, -0.2) is 0 Å². The Balaban J connectivity index is 3.30. The second kappa shape index (κ2) is 6.53. The van der Waals surface area contributed by atoms with Crippen molar-refractivity contribution in [2.75, 3.05) is 12.4 Å². The smallest absolute Gasteiger partial charge is 0.305 e. The minimum Gasteiger partial charge on any atom is -0.466 e. The minimum absolute atomic E-state index is 0.0962. The van der Waals surface area contributed by atoms with Crippen molar-refractivity contribution in [3.63, 3.8) is 0 Å². The molecular formula is C8H16O2S. The van der Waals surface area contributed by atoms with Gasteiger partial charge in [-0.15, -0.1) is 0 Å². The van der Waals surface area contributed by atoms with Gasteiger partial charge >= 0.3 is 5.97 Å². The molecule has 0 aliphatic carbocycles. The van der Waals surface area contributed by atoms with Crippen LogP contribution in [0.2, 0.25) is 0 Å². The molecule has 66 valence electrons. The van der Waals surface area contributed by atoms with E-state index < -0.39 is 0 Å². The Morgan fingerprint density at radius 2 is 2.27 bits per heavy atom. The molecule has 1 atom stereocenters. The van der Waals surface area contributed by atoms with Crippen LogP contribution in [0.4, 0.5) is 0 Å². The van der Waals surface area contributed by atoms with Crippen molar-refractivity contribution in [1.29, 1.82) is 0 Å². The normalized spacial score (nSPS) is 12.6. The van der Waals surface area contributed by atoms with Crippen molar-refractivity contribution in [3.8, 4) is 0 Å². The molecule has 0 aromatic carbocycles. The van der Waals surface area contributed by atoms with E-state index >= 15 is 0 Å². The summed E-state index contributed by atoms with van der Waals surface area (Å²) in [6.45, 7) is 4.38. The molecule has 0 saturated heterocycles. The molecule has 0 rings (SSSR count). The molecule has 0 N–H and O–H groups in total. The van der Waals surface area contributed by atoms with Gasteiger partial charge in [0.1, 0.15) is 0 Å². The largest absolute Gasteiger partial charge is 0.466 e. The molecule has 0 heterocycles. The highest BCUT2D eigenvalue weighted by atomic mass is 32.1. The molecule has 0 spiro atoms. The average molecular weight is 176 g/mol. The van der Waals surface area contributed by atoms with E-state index in [1.54, 1.807) is 0 Å². The predicted octanol–water partition coefficient (Wildman–Crippen LogP) is 1.90. The van der Waals surface area contributed by atoms with Crippen molar-refractivity contribution in [2.24, 2.45) is 5.92 Å². The van der Waals surface area contributed by atoms with Crippen LogP contribution < -0.4 is 0 Å². The molecule has 1 unspecified atom stereocenters. The molecule has 0 aromatic rings. The monoisotopic (exact) mass is 176 g/mol. The van der Waals surface area contributed by atoms with Gasteiger partial charge in [-0.05, 0) is 25.0 Å². The highest BCUT2D eigenvalue weighted by molar-refractivity contribution is 7.80. The maximum Gasteiger partial charge on any atom is 0.305 e. The van der Waals surface area contributed by atoms with Crippen molar-refractivity contribution < 1.29 is 9.53 Å². The minimum atomic E-state index is -0.0962. The van der Waals surface area contributed by atoms with Gasteiger partial charge < -0.3 is 4.74 Å². The number of carbonyl (C=O) groups is 1. The van der Waals surface area contributed by atoms with Crippen LogP contribution >= 0.6 is 12.6 Å². The summed E-state index contributed by atoms with van der Waals surface area (Å²) >= 11 is 4.12. The van der Waals surface area contributed by atoms with Crippen LogP contribution in [0.3, 0.4) is 0 Å². The summed E-state index contributed by atoms with van der Waals surface area (Å²) < 4.78 is 4.77. The third-order valence-electron chi connectivity index (χ3n) is 1.46. The van der Waals surface area contributed by atoms with Gasteiger partial charge in [0.15, 0.2) is 0 Å². The molecule has 0 saturated carbocycles. The number of rotatable bonds is 5. The Morgan fingerprint density at radius 1 is 1.64 bits per heavy atom. The van der Waals surface area contributed by atoms with Gasteiger partial charge in [-0.2, -0.15) is 12.6 Å². The van der Waals surface area contributed by atoms with E-state index in [0.29, 0.717) is 18.9 Å². The van der Waals surface area contributed by atoms with E-state index in [9.17, 15) is 4.79 Å². The van der Waals surface area contributed by atoms with Gasteiger partial charge in [-0.3, -0.25) is 4.79 Å². The molecule has 0 amide bonds. The van der Waals surface area contributed by atoms with Crippen LogP contribution in [0, 0.1) is 5.92 Å². The van der Waals surface area contributed by atoms with E-state index in [2.05, 4.69) is 19.6 Å². The number of hydrogen-bond acceptors (Lipinski definition) is 3. The first kappa shape index (κ1) is 10.8. The third-order valence-corrected chi connectivity index (χ3v) is 2.08. The first-order chi connectivity index (χ1) is 5.20. The first-order valence-corrected chi connectivity index (χ1v) is 4.60. The van der Waals surface area contributed by atoms with Gasteiger partial charge in [-0.1, -0.05) is 6.92 Å². The zero-order chi connectivity index (χ0) is 8.69. The summed E-state index contributed by atoms with van der Waals surface area (Å²) in [7, 11) is 0. The van der Waals surface area contributed by atoms with Crippen LogP contribution in [-0.4, -0.2) is 18.3 Å². The zero-order valence-electron chi connectivity index (χ0n) is 7.17. The molecule has 0 aliphatic heterocycles. The van der Waals surface area contributed by atoms with Crippen LogP contribution in [0.1, 0.15) is 26.7 Å². The highest BCUT2D eigenvalue weighted by Crippen LogP contribution is 2.07. The van der Waals surface area contributed by atoms with E-state index in [0.717, 1.165) is 12.2 Å². The van der Waals surface area contributed by atoms with Crippen molar-refractivity contribution in [1.82, 2.24) is 0 Å². The summed E-state index contributed by atoms with van der Waals surface area (Å²) in [5, 5.41) is 0. The Morgan fingerprint density at radius 3 is 2.73 bits per heavy atom. The molecular weight excluding hydrogens is 160 g/mol. The highest BCUT2D eigenvalue weighted by Gasteiger charge is 2.04. The number of thiol groups is 1. The Labute approximate surface area is 73.7 Å². The van der Waals surface area contributed by atoms with Crippen LogP contribution in [-0.2, 0) is 9.53 Å². The molecule has 0 bridgehead atoms. The SMILES string of the molecule is CCOC(=O)CCC(C)CS. The van der Waals surface area contributed by atoms with Crippen molar-refractivity contribution in [2.45, 2.75) is 26.7 Å².